The van der Waals surface area contributed by atoms with Gasteiger partial charge in [0.25, 0.3) is 0 Å². The molecule has 84 valence electrons. The molecule has 0 saturated carbocycles. The van der Waals surface area contributed by atoms with Crippen molar-refractivity contribution >= 4 is 0 Å². The maximum atomic E-state index is 2.64. The number of nitrogens with zero attached hydrogens (tertiary/aromatic N) is 1. The maximum absolute atomic E-state index is 2.64. The van der Waals surface area contributed by atoms with Gasteiger partial charge in [0.05, 0.1) is 0 Å². The standard InChI is InChI=1S/C13H27N/c1-3-4-5-8-13(2)9-12-14-10-6-7-11-14/h13H,3-12H2,1-2H3. The summed E-state index contributed by atoms with van der Waals surface area (Å²) < 4.78 is 0. The summed E-state index contributed by atoms with van der Waals surface area (Å²) >= 11 is 0. The van der Waals surface area contributed by atoms with Crippen LogP contribution in [0.2, 0.25) is 0 Å². The third kappa shape index (κ3) is 4.99. The molecule has 1 unspecified atom stereocenters. The van der Waals surface area contributed by atoms with Crippen LogP contribution in [0.1, 0.15) is 58.8 Å². The zero-order chi connectivity index (χ0) is 10.2. The summed E-state index contributed by atoms with van der Waals surface area (Å²) in [5.74, 6) is 0.946. The van der Waals surface area contributed by atoms with Crippen molar-refractivity contribution in [2.75, 3.05) is 19.6 Å². The Morgan fingerprint density at radius 1 is 1.07 bits per heavy atom. The molecular formula is C13H27N. The highest BCUT2D eigenvalue weighted by Crippen LogP contribution is 2.15. The van der Waals surface area contributed by atoms with Crippen LogP contribution in [0, 0.1) is 5.92 Å². The number of hydrogen-bond acceptors (Lipinski definition) is 1. The second kappa shape index (κ2) is 7.28. The molecule has 0 aromatic rings. The van der Waals surface area contributed by atoms with E-state index in [1.165, 1.54) is 64.6 Å². The van der Waals surface area contributed by atoms with Gasteiger partial charge < -0.3 is 4.90 Å². The minimum absolute atomic E-state index is 0.946. The van der Waals surface area contributed by atoms with E-state index >= 15 is 0 Å². The molecule has 0 radical (unpaired) electrons. The second-order valence-electron chi connectivity index (χ2n) is 4.94. The first-order valence-corrected chi connectivity index (χ1v) is 6.55. The zero-order valence-electron chi connectivity index (χ0n) is 10.1. The van der Waals surface area contributed by atoms with E-state index in [1.807, 2.05) is 0 Å². The Bertz CT molecular complexity index is 127. The molecule has 1 saturated heterocycles. The zero-order valence-corrected chi connectivity index (χ0v) is 10.1. The largest absolute Gasteiger partial charge is 0.303 e. The van der Waals surface area contributed by atoms with Crippen molar-refractivity contribution in [2.24, 2.45) is 5.92 Å². The molecule has 1 fully saturated rings. The molecule has 14 heavy (non-hydrogen) atoms. The van der Waals surface area contributed by atoms with Crippen LogP contribution < -0.4 is 0 Å². The highest BCUT2D eigenvalue weighted by atomic mass is 15.1. The van der Waals surface area contributed by atoms with Crippen LogP contribution in [-0.4, -0.2) is 24.5 Å². The van der Waals surface area contributed by atoms with Gasteiger partial charge in [-0.15, -0.1) is 0 Å². The van der Waals surface area contributed by atoms with Gasteiger partial charge in [0.1, 0.15) is 0 Å². The highest BCUT2D eigenvalue weighted by molar-refractivity contribution is 4.67. The third-order valence-electron chi connectivity index (χ3n) is 3.44. The average molecular weight is 197 g/mol. The quantitative estimate of drug-likeness (QED) is 0.563. The van der Waals surface area contributed by atoms with Gasteiger partial charge in [-0.1, -0.05) is 39.5 Å². The van der Waals surface area contributed by atoms with E-state index in [2.05, 4.69) is 18.7 Å². The second-order valence-corrected chi connectivity index (χ2v) is 4.94. The molecule has 1 rings (SSSR count). The lowest BCUT2D eigenvalue weighted by molar-refractivity contribution is 0.300. The molecule has 1 nitrogen and oxygen atoms in total. The third-order valence-corrected chi connectivity index (χ3v) is 3.44. The maximum Gasteiger partial charge on any atom is -0.00162 e. The van der Waals surface area contributed by atoms with Crippen LogP contribution in [0.25, 0.3) is 0 Å². The van der Waals surface area contributed by atoms with Gasteiger partial charge in [-0.25, -0.2) is 0 Å². The first-order valence-electron chi connectivity index (χ1n) is 6.55. The van der Waals surface area contributed by atoms with Crippen LogP contribution in [0.3, 0.4) is 0 Å². The molecule has 0 amide bonds. The predicted molar refractivity (Wildman–Crippen MR) is 63.6 cm³/mol. The molecule has 0 aromatic heterocycles. The molecule has 1 heterocycles. The number of likely N-dealkylation sites (tertiary alicyclic amines) is 1. The predicted octanol–water partition coefficient (Wildman–Crippen LogP) is 3.69. The summed E-state index contributed by atoms with van der Waals surface area (Å²) in [6.07, 6.45) is 9.96. The van der Waals surface area contributed by atoms with Gasteiger partial charge in [-0.05, 0) is 44.8 Å². The first-order chi connectivity index (χ1) is 6.83. The topological polar surface area (TPSA) is 3.24 Å². The summed E-state index contributed by atoms with van der Waals surface area (Å²) in [5, 5.41) is 0. The molecule has 0 N–H and O–H groups in total. The van der Waals surface area contributed by atoms with Gasteiger partial charge in [-0.3, -0.25) is 0 Å². The lowest BCUT2D eigenvalue weighted by Gasteiger charge is -2.17. The minimum Gasteiger partial charge on any atom is -0.303 e. The Balaban J connectivity index is 1.93. The van der Waals surface area contributed by atoms with Crippen molar-refractivity contribution < 1.29 is 0 Å². The Morgan fingerprint density at radius 3 is 2.43 bits per heavy atom. The molecular weight excluding hydrogens is 170 g/mol. The molecule has 0 spiro atoms. The van der Waals surface area contributed by atoms with E-state index in [9.17, 15) is 0 Å². The fourth-order valence-electron chi connectivity index (χ4n) is 2.30. The van der Waals surface area contributed by atoms with E-state index in [-0.39, 0.29) is 0 Å². The summed E-state index contributed by atoms with van der Waals surface area (Å²) in [5.41, 5.74) is 0. The van der Waals surface area contributed by atoms with E-state index in [0.717, 1.165) is 5.92 Å². The van der Waals surface area contributed by atoms with Gasteiger partial charge in [0.2, 0.25) is 0 Å². The van der Waals surface area contributed by atoms with Crippen molar-refractivity contribution in [1.29, 1.82) is 0 Å². The van der Waals surface area contributed by atoms with Crippen molar-refractivity contribution in [3.05, 3.63) is 0 Å². The SMILES string of the molecule is CCCCCC(C)CCN1CCCC1. The van der Waals surface area contributed by atoms with Crippen LogP contribution in [0.5, 0.6) is 0 Å². The highest BCUT2D eigenvalue weighted by Gasteiger charge is 2.12. The van der Waals surface area contributed by atoms with Crippen molar-refractivity contribution in [3.63, 3.8) is 0 Å². The summed E-state index contributed by atoms with van der Waals surface area (Å²) in [4.78, 5) is 2.64. The fraction of sp³-hybridized carbons (Fsp3) is 1.00. The fourth-order valence-corrected chi connectivity index (χ4v) is 2.30. The van der Waals surface area contributed by atoms with Gasteiger partial charge in [-0.2, -0.15) is 0 Å². The summed E-state index contributed by atoms with van der Waals surface area (Å²) in [6.45, 7) is 8.79. The van der Waals surface area contributed by atoms with Gasteiger partial charge >= 0.3 is 0 Å². The minimum atomic E-state index is 0.946. The normalized spacial score (nSPS) is 20.1. The Morgan fingerprint density at radius 2 is 1.79 bits per heavy atom. The number of rotatable bonds is 7. The smallest absolute Gasteiger partial charge is 0.00162 e. The molecule has 1 heteroatoms. The van der Waals surface area contributed by atoms with Gasteiger partial charge in [0, 0.05) is 0 Å². The molecule has 1 aliphatic heterocycles. The van der Waals surface area contributed by atoms with Crippen molar-refractivity contribution in [1.82, 2.24) is 4.90 Å². The van der Waals surface area contributed by atoms with E-state index in [4.69, 9.17) is 0 Å². The lowest BCUT2D eigenvalue weighted by Crippen LogP contribution is -2.21. The number of unbranched alkanes of at least 4 members (excludes halogenated alkanes) is 2. The first kappa shape index (κ1) is 12.0. The van der Waals surface area contributed by atoms with E-state index in [1.54, 1.807) is 0 Å². The Hall–Kier alpha value is -0.0400. The average Bonchev–Trinajstić information content (AvgIpc) is 2.68. The monoisotopic (exact) mass is 197 g/mol. The lowest BCUT2D eigenvalue weighted by atomic mass is 10.00. The van der Waals surface area contributed by atoms with Crippen LogP contribution in [0.4, 0.5) is 0 Å². The molecule has 1 aliphatic rings. The summed E-state index contributed by atoms with van der Waals surface area (Å²) in [7, 11) is 0. The van der Waals surface area contributed by atoms with E-state index in [0.29, 0.717) is 0 Å². The summed E-state index contributed by atoms with van der Waals surface area (Å²) in [6, 6.07) is 0. The van der Waals surface area contributed by atoms with Crippen LogP contribution in [-0.2, 0) is 0 Å². The van der Waals surface area contributed by atoms with Crippen molar-refractivity contribution in [3.8, 4) is 0 Å². The van der Waals surface area contributed by atoms with Crippen LogP contribution in [0.15, 0.2) is 0 Å². The van der Waals surface area contributed by atoms with E-state index < -0.39 is 0 Å². The molecule has 0 bridgehead atoms. The Kier molecular flexibility index (Phi) is 6.25. The molecule has 0 aromatic carbocycles. The van der Waals surface area contributed by atoms with Crippen LogP contribution >= 0.6 is 0 Å². The van der Waals surface area contributed by atoms with Crippen molar-refractivity contribution in [2.45, 2.75) is 58.8 Å². The molecule has 0 aliphatic carbocycles. The van der Waals surface area contributed by atoms with Gasteiger partial charge in [0.15, 0.2) is 0 Å². The molecule has 1 atom stereocenters. The number of hydrogen-bond donors (Lipinski definition) is 0. The Labute approximate surface area is 89.9 Å².